The van der Waals surface area contributed by atoms with E-state index in [0.717, 1.165) is 71.1 Å². The van der Waals surface area contributed by atoms with Crippen LogP contribution in [0.3, 0.4) is 0 Å². The molecule has 2 N–H and O–H groups in total. The molecule has 0 bridgehead atoms. The van der Waals surface area contributed by atoms with E-state index in [2.05, 4.69) is 28.5 Å². The number of morpholine rings is 1. The molecule has 3 aromatic rings. The molecule has 1 fully saturated rings. The van der Waals surface area contributed by atoms with E-state index >= 15 is 0 Å². The highest BCUT2D eigenvalue weighted by molar-refractivity contribution is 6.01. The first kappa shape index (κ1) is 19.2. The predicted octanol–water partition coefficient (Wildman–Crippen LogP) is 4.64. The molecule has 0 spiro atoms. The van der Waals surface area contributed by atoms with Gasteiger partial charge in [-0.25, -0.2) is 9.78 Å². The van der Waals surface area contributed by atoms with Gasteiger partial charge < -0.3 is 20.3 Å². The molecule has 0 unspecified atom stereocenters. The summed E-state index contributed by atoms with van der Waals surface area (Å²) in [5, 5.41) is 6.89. The van der Waals surface area contributed by atoms with Crippen LogP contribution in [0.15, 0.2) is 42.5 Å². The summed E-state index contributed by atoms with van der Waals surface area (Å²) in [5.74, 6) is 0.978. The van der Waals surface area contributed by atoms with Crippen LogP contribution in [0.1, 0.15) is 16.7 Å². The molecule has 2 heterocycles. The Labute approximate surface area is 170 Å². The van der Waals surface area contributed by atoms with Crippen LogP contribution < -0.4 is 15.5 Å². The van der Waals surface area contributed by atoms with Crippen molar-refractivity contribution in [3.05, 3.63) is 59.2 Å². The van der Waals surface area contributed by atoms with Crippen LogP contribution in [0.5, 0.6) is 0 Å². The van der Waals surface area contributed by atoms with Gasteiger partial charge in [-0.05, 0) is 67.8 Å². The number of anilines is 3. The van der Waals surface area contributed by atoms with Crippen molar-refractivity contribution in [3.8, 4) is 0 Å². The number of hydrogen-bond acceptors (Lipinski definition) is 4. The standard InChI is InChI=1S/C23H26N4O2/c1-15-4-5-16(2)21(12-15)26-23(28)24-18-6-7-20-19(14-18)17(3)13-22(25-20)27-8-10-29-11-9-27/h4-7,12-14H,8-11H2,1-3H3,(H2,24,26,28). The quantitative estimate of drug-likeness (QED) is 0.684. The van der Waals surface area contributed by atoms with Gasteiger partial charge in [0.15, 0.2) is 0 Å². The van der Waals surface area contributed by atoms with Gasteiger partial charge in [-0.15, -0.1) is 0 Å². The number of urea groups is 1. The topological polar surface area (TPSA) is 66.5 Å². The summed E-state index contributed by atoms with van der Waals surface area (Å²) >= 11 is 0. The number of carbonyl (C=O) groups excluding carboxylic acids is 1. The molecule has 0 saturated carbocycles. The molecule has 2 aromatic carbocycles. The Kier molecular flexibility index (Phi) is 5.36. The summed E-state index contributed by atoms with van der Waals surface area (Å²) < 4.78 is 5.43. The van der Waals surface area contributed by atoms with Crippen LogP contribution >= 0.6 is 0 Å². The third-order valence-corrected chi connectivity index (χ3v) is 5.24. The Bertz CT molecular complexity index is 1060. The van der Waals surface area contributed by atoms with Crippen molar-refractivity contribution in [2.45, 2.75) is 20.8 Å². The van der Waals surface area contributed by atoms with Crippen LogP contribution in [0.25, 0.3) is 10.9 Å². The minimum Gasteiger partial charge on any atom is -0.378 e. The van der Waals surface area contributed by atoms with Crippen molar-refractivity contribution >= 4 is 34.1 Å². The smallest absolute Gasteiger partial charge is 0.323 e. The van der Waals surface area contributed by atoms with Crippen molar-refractivity contribution in [2.75, 3.05) is 41.8 Å². The molecule has 4 rings (SSSR count). The van der Waals surface area contributed by atoms with Crippen LogP contribution in [-0.4, -0.2) is 37.3 Å². The summed E-state index contributed by atoms with van der Waals surface area (Å²) in [7, 11) is 0. The normalized spacial score (nSPS) is 14.1. The lowest BCUT2D eigenvalue weighted by molar-refractivity contribution is 0.122. The van der Waals surface area contributed by atoms with Crippen molar-refractivity contribution < 1.29 is 9.53 Å². The lowest BCUT2D eigenvalue weighted by Crippen LogP contribution is -2.36. The molecule has 0 radical (unpaired) electrons. The fraction of sp³-hybridized carbons (Fsp3) is 0.304. The number of rotatable bonds is 3. The molecule has 1 aromatic heterocycles. The average Bonchev–Trinajstić information content (AvgIpc) is 2.71. The van der Waals surface area contributed by atoms with Crippen LogP contribution in [0.4, 0.5) is 22.0 Å². The minimum absolute atomic E-state index is 0.256. The number of aromatic nitrogens is 1. The maximum atomic E-state index is 12.5. The largest absolute Gasteiger partial charge is 0.378 e. The van der Waals surface area contributed by atoms with Crippen LogP contribution in [0, 0.1) is 20.8 Å². The maximum Gasteiger partial charge on any atom is 0.323 e. The first-order chi connectivity index (χ1) is 14.0. The van der Waals surface area contributed by atoms with Gasteiger partial charge >= 0.3 is 6.03 Å². The Morgan fingerprint density at radius 1 is 0.966 bits per heavy atom. The zero-order chi connectivity index (χ0) is 20.4. The van der Waals surface area contributed by atoms with E-state index in [1.165, 1.54) is 0 Å². The lowest BCUT2D eigenvalue weighted by atomic mass is 10.1. The molecular formula is C23H26N4O2. The number of benzene rings is 2. The number of fused-ring (bicyclic) bond motifs is 1. The van der Waals surface area contributed by atoms with Crippen molar-refractivity contribution in [1.82, 2.24) is 4.98 Å². The van der Waals surface area contributed by atoms with Gasteiger partial charge in [0, 0.05) is 29.9 Å². The lowest BCUT2D eigenvalue weighted by Gasteiger charge is -2.28. The fourth-order valence-electron chi connectivity index (χ4n) is 3.56. The summed E-state index contributed by atoms with van der Waals surface area (Å²) in [6, 6.07) is 13.7. The van der Waals surface area contributed by atoms with Crippen molar-refractivity contribution in [1.29, 1.82) is 0 Å². The van der Waals surface area contributed by atoms with Gasteiger partial charge in [0.2, 0.25) is 0 Å². The monoisotopic (exact) mass is 390 g/mol. The molecular weight excluding hydrogens is 364 g/mol. The molecule has 1 saturated heterocycles. The Hall–Kier alpha value is -3.12. The first-order valence-corrected chi connectivity index (χ1v) is 9.89. The van der Waals surface area contributed by atoms with E-state index < -0.39 is 0 Å². The number of amides is 2. The van der Waals surface area contributed by atoms with Gasteiger partial charge in [-0.1, -0.05) is 12.1 Å². The van der Waals surface area contributed by atoms with Gasteiger partial charge in [0.1, 0.15) is 5.82 Å². The van der Waals surface area contributed by atoms with E-state index in [1.54, 1.807) is 0 Å². The summed E-state index contributed by atoms with van der Waals surface area (Å²) in [6.07, 6.45) is 0. The molecule has 2 amide bonds. The number of nitrogens with zero attached hydrogens (tertiary/aromatic N) is 2. The number of nitrogens with one attached hydrogen (secondary N) is 2. The second kappa shape index (κ2) is 8.09. The number of carbonyl (C=O) groups is 1. The number of ether oxygens (including phenoxy) is 1. The van der Waals surface area contributed by atoms with Gasteiger partial charge in [0.05, 0.1) is 18.7 Å². The molecule has 1 aliphatic heterocycles. The first-order valence-electron chi connectivity index (χ1n) is 9.89. The second-order valence-electron chi connectivity index (χ2n) is 7.53. The molecule has 6 nitrogen and oxygen atoms in total. The second-order valence-corrected chi connectivity index (χ2v) is 7.53. The molecule has 0 atom stereocenters. The zero-order valence-corrected chi connectivity index (χ0v) is 17.1. The minimum atomic E-state index is -0.256. The Morgan fingerprint density at radius 3 is 2.55 bits per heavy atom. The maximum absolute atomic E-state index is 12.5. The third kappa shape index (κ3) is 4.32. The summed E-state index contributed by atoms with van der Waals surface area (Å²) in [4.78, 5) is 19.5. The van der Waals surface area contributed by atoms with E-state index in [-0.39, 0.29) is 6.03 Å². The SMILES string of the molecule is Cc1ccc(C)c(NC(=O)Nc2ccc3nc(N4CCOCC4)cc(C)c3c2)c1. The fourth-order valence-corrected chi connectivity index (χ4v) is 3.56. The van der Waals surface area contributed by atoms with Gasteiger partial charge in [-0.2, -0.15) is 0 Å². The summed E-state index contributed by atoms with van der Waals surface area (Å²) in [6.45, 7) is 9.24. The molecule has 0 aliphatic carbocycles. The molecule has 1 aliphatic rings. The predicted molar refractivity (Wildman–Crippen MR) is 118 cm³/mol. The van der Waals surface area contributed by atoms with E-state index in [0.29, 0.717) is 0 Å². The molecule has 6 heteroatoms. The average molecular weight is 390 g/mol. The summed E-state index contributed by atoms with van der Waals surface area (Å²) in [5.41, 5.74) is 5.75. The Balaban J connectivity index is 1.53. The van der Waals surface area contributed by atoms with Gasteiger partial charge in [-0.3, -0.25) is 0 Å². The molecule has 150 valence electrons. The Morgan fingerprint density at radius 2 is 1.76 bits per heavy atom. The van der Waals surface area contributed by atoms with E-state index in [1.807, 2.05) is 50.2 Å². The third-order valence-electron chi connectivity index (χ3n) is 5.24. The highest BCUT2D eigenvalue weighted by Crippen LogP contribution is 2.26. The van der Waals surface area contributed by atoms with Crippen molar-refractivity contribution in [3.63, 3.8) is 0 Å². The number of aryl methyl sites for hydroxylation is 3. The van der Waals surface area contributed by atoms with Crippen LogP contribution in [-0.2, 0) is 4.74 Å². The van der Waals surface area contributed by atoms with Crippen LogP contribution in [0.2, 0.25) is 0 Å². The van der Waals surface area contributed by atoms with Gasteiger partial charge in [0.25, 0.3) is 0 Å². The zero-order valence-electron chi connectivity index (χ0n) is 17.1. The molecule has 29 heavy (non-hydrogen) atoms. The van der Waals surface area contributed by atoms with Crippen molar-refractivity contribution in [2.24, 2.45) is 0 Å². The number of hydrogen-bond donors (Lipinski definition) is 2. The highest BCUT2D eigenvalue weighted by atomic mass is 16.5. The van der Waals surface area contributed by atoms with E-state index in [9.17, 15) is 4.79 Å². The number of pyridine rings is 1. The van der Waals surface area contributed by atoms with E-state index in [4.69, 9.17) is 9.72 Å². The highest BCUT2D eigenvalue weighted by Gasteiger charge is 2.14.